The van der Waals surface area contributed by atoms with Gasteiger partial charge in [-0.05, 0) is 31.7 Å². The molecule has 0 heterocycles. The molecule has 2 heteroatoms. The van der Waals surface area contributed by atoms with E-state index in [4.69, 9.17) is 0 Å². The van der Waals surface area contributed by atoms with Crippen LogP contribution in [0.25, 0.3) is 0 Å². The fourth-order valence-corrected chi connectivity index (χ4v) is 0.677. The van der Waals surface area contributed by atoms with Crippen LogP contribution in [0.3, 0.4) is 0 Å². The highest BCUT2D eigenvalue weighted by Gasteiger charge is 1.91. The number of allylic oxidation sites excluding steroid dienone is 3. The lowest BCUT2D eigenvalue weighted by atomic mass is 10.2. The molecule has 0 aromatic rings. The van der Waals surface area contributed by atoms with Crippen LogP contribution in [0, 0.1) is 0 Å². The maximum atomic E-state index is 12.6. The number of nitrogens with one attached hydrogen (secondary N) is 1. The first-order chi connectivity index (χ1) is 5.24. The quantitative estimate of drug-likeness (QED) is 0.614. The Labute approximate surface area is 67.3 Å². The summed E-state index contributed by atoms with van der Waals surface area (Å²) >= 11 is 0. The van der Waals surface area contributed by atoms with Crippen molar-refractivity contribution in [1.29, 1.82) is 0 Å². The summed E-state index contributed by atoms with van der Waals surface area (Å²) in [5.41, 5.74) is 0.921. The molecular weight excluding hydrogens is 141 g/mol. The van der Waals surface area contributed by atoms with E-state index in [1.54, 1.807) is 0 Å². The Balaban J connectivity index is 4.18. The second kappa shape index (κ2) is 5.86. The summed E-state index contributed by atoms with van der Waals surface area (Å²) in [4.78, 5) is 0. The van der Waals surface area contributed by atoms with Crippen LogP contribution in [0.1, 0.15) is 6.92 Å². The Kier molecular flexibility index (Phi) is 5.39. The predicted molar refractivity (Wildman–Crippen MR) is 47.1 cm³/mol. The molecule has 1 nitrogen and oxygen atoms in total. The maximum absolute atomic E-state index is 12.6. The Morgan fingerprint density at radius 1 is 1.64 bits per heavy atom. The summed E-state index contributed by atoms with van der Waals surface area (Å²) in [5.74, 6) is -0.298. The van der Waals surface area contributed by atoms with Crippen molar-refractivity contribution in [3.63, 3.8) is 0 Å². The smallest absolute Gasteiger partial charge is 0.122 e. The molecule has 0 aromatic heterocycles. The number of hydrogen-bond acceptors (Lipinski definition) is 1. The van der Waals surface area contributed by atoms with E-state index in [2.05, 4.69) is 11.9 Å². The van der Waals surface area contributed by atoms with Crippen LogP contribution in [-0.4, -0.2) is 13.6 Å². The van der Waals surface area contributed by atoms with Crippen LogP contribution < -0.4 is 5.32 Å². The van der Waals surface area contributed by atoms with Crippen LogP contribution in [0.15, 0.2) is 36.2 Å². The molecule has 1 N–H and O–H groups in total. The molecule has 0 aliphatic carbocycles. The largest absolute Gasteiger partial charge is 0.316 e. The molecule has 62 valence electrons. The first kappa shape index (κ1) is 10.1. The van der Waals surface area contributed by atoms with E-state index in [1.165, 1.54) is 12.2 Å². The van der Waals surface area contributed by atoms with E-state index in [0.717, 1.165) is 5.57 Å². The molecule has 0 radical (unpaired) electrons. The fraction of sp³-hybridized carbons (Fsp3) is 0.333. The summed E-state index contributed by atoms with van der Waals surface area (Å²) in [5, 5.41) is 2.93. The third-order valence-corrected chi connectivity index (χ3v) is 1.27. The Morgan fingerprint density at radius 3 is 2.64 bits per heavy atom. The Hall–Kier alpha value is -0.890. The molecular formula is C9H14FN. The Morgan fingerprint density at radius 2 is 2.27 bits per heavy atom. The van der Waals surface area contributed by atoms with Crippen LogP contribution in [0.2, 0.25) is 0 Å². The van der Waals surface area contributed by atoms with E-state index < -0.39 is 0 Å². The van der Waals surface area contributed by atoms with Crippen molar-refractivity contribution in [2.24, 2.45) is 0 Å². The van der Waals surface area contributed by atoms with Gasteiger partial charge in [-0.3, -0.25) is 0 Å². The molecule has 0 fully saturated rings. The molecule has 0 saturated carbocycles. The minimum absolute atomic E-state index is 0.298. The fourth-order valence-electron chi connectivity index (χ4n) is 0.677. The maximum Gasteiger partial charge on any atom is 0.122 e. The highest BCUT2D eigenvalue weighted by Crippen LogP contribution is 2.03. The van der Waals surface area contributed by atoms with Gasteiger partial charge in [0, 0.05) is 6.54 Å². The van der Waals surface area contributed by atoms with Gasteiger partial charge < -0.3 is 5.32 Å². The first-order valence-corrected chi connectivity index (χ1v) is 3.54. The number of hydrogen-bond donors (Lipinski definition) is 1. The zero-order chi connectivity index (χ0) is 8.69. The number of rotatable bonds is 4. The minimum atomic E-state index is -0.298. The second-order valence-corrected chi connectivity index (χ2v) is 2.13. The average molecular weight is 155 g/mol. The number of halogens is 1. The van der Waals surface area contributed by atoms with E-state index in [1.807, 2.05) is 20.0 Å². The van der Waals surface area contributed by atoms with Crippen molar-refractivity contribution in [3.05, 3.63) is 36.2 Å². The summed E-state index contributed by atoms with van der Waals surface area (Å²) in [6.45, 7) is 5.87. The van der Waals surface area contributed by atoms with Gasteiger partial charge in [-0.2, -0.15) is 0 Å². The van der Waals surface area contributed by atoms with Crippen molar-refractivity contribution in [1.82, 2.24) is 5.32 Å². The second-order valence-electron chi connectivity index (χ2n) is 2.13. The molecule has 0 aliphatic heterocycles. The van der Waals surface area contributed by atoms with Crippen molar-refractivity contribution in [2.45, 2.75) is 6.92 Å². The molecule has 0 unspecified atom stereocenters. The molecule has 0 aliphatic rings. The topological polar surface area (TPSA) is 12.0 Å². The zero-order valence-corrected chi connectivity index (χ0v) is 7.02. The van der Waals surface area contributed by atoms with Gasteiger partial charge in [0.15, 0.2) is 0 Å². The molecule has 0 spiro atoms. The monoisotopic (exact) mass is 155 g/mol. The first-order valence-electron chi connectivity index (χ1n) is 3.54. The van der Waals surface area contributed by atoms with Crippen LogP contribution in [0.4, 0.5) is 4.39 Å². The van der Waals surface area contributed by atoms with Gasteiger partial charge in [0.25, 0.3) is 0 Å². The molecule has 0 rings (SSSR count). The summed E-state index contributed by atoms with van der Waals surface area (Å²) in [6, 6.07) is 0. The third-order valence-electron chi connectivity index (χ3n) is 1.27. The highest BCUT2D eigenvalue weighted by atomic mass is 19.1. The van der Waals surface area contributed by atoms with Crippen molar-refractivity contribution >= 4 is 0 Å². The summed E-state index contributed by atoms with van der Waals surface area (Å²) in [7, 11) is 1.82. The number of likely N-dealkylation sites (N-methyl/N-ethyl adjacent to an activating group) is 1. The van der Waals surface area contributed by atoms with Gasteiger partial charge in [0.1, 0.15) is 5.83 Å². The van der Waals surface area contributed by atoms with Gasteiger partial charge in [-0.25, -0.2) is 4.39 Å². The van der Waals surface area contributed by atoms with Crippen molar-refractivity contribution in [2.75, 3.05) is 13.6 Å². The van der Waals surface area contributed by atoms with Gasteiger partial charge in [-0.15, -0.1) is 0 Å². The van der Waals surface area contributed by atoms with E-state index >= 15 is 0 Å². The SMILES string of the molecule is C=C/C(F)=C\C(=C/C)CNC. The lowest BCUT2D eigenvalue weighted by Gasteiger charge is -1.98. The van der Waals surface area contributed by atoms with Crippen LogP contribution in [0.5, 0.6) is 0 Å². The molecule has 0 saturated heterocycles. The van der Waals surface area contributed by atoms with E-state index in [-0.39, 0.29) is 5.83 Å². The normalized spacial score (nSPS) is 13.4. The minimum Gasteiger partial charge on any atom is -0.316 e. The van der Waals surface area contributed by atoms with Crippen LogP contribution in [-0.2, 0) is 0 Å². The standard InChI is InChI=1S/C9H14FN/c1-4-8(7-11-3)6-9(10)5-2/h4-6,11H,2,7H2,1,3H3/b8-4+,9-6+. The zero-order valence-electron chi connectivity index (χ0n) is 7.02. The van der Waals surface area contributed by atoms with E-state index in [0.29, 0.717) is 6.54 Å². The molecule has 11 heavy (non-hydrogen) atoms. The van der Waals surface area contributed by atoms with E-state index in [9.17, 15) is 4.39 Å². The highest BCUT2D eigenvalue weighted by molar-refractivity contribution is 5.25. The average Bonchev–Trinajstić information content (AvgIpc) is 2.03. The van der Waals surface area contributed by atoms with Gasteiger partial charge >= 0.3 is 0 Å². The lowest BCUT2D eigenvalue weighted by molar-refractivity contribution is 0.665. The van der Waals surface area contributed by atoms with Gasteiger partial charge in [0.05, 0.1) is 0 Å². The lowest BCUT2D eigenvalue weighted by Crippen LogP contribution is -2.09. The van der Waals surface area contributed by atoms with Crippen molar-refractivity contribution in [3.8, 4) is 0 Å². The predicted octanol–water partition coefficient (Wildman–Crippen LogP) is 2.19. The van der Waals surface area contributed by atoms with Gasteiger partial charge in [-0.1, -0.05) is 12.7 Å². The summed E-state index contributed by atoms with van der Waals surface area (Å²) < 4.78 is 12.6. The van der Waals surface area contributed by atoms with Gasteiger partial charge in [0.2, 0.25) is 0 Å². The third kappa shape index (κ3) is 4.51. The van der Waals surface area contributed by atoms with Crippen LogP contribution >= 0.6 is 0 Å². The van der Waals surface area contributed by atoms with Crippen molar-refractivity contribution < 1.29 is 4.39 Å². The molecule has 0 amide bonds. The molecule has 0 atom stereocenters. The summed E-state index contributed by atoms with van der Waals surface area (Å²) in [6.07, 6.45) is 4.52. The molecule has 0 bridgehead atoms. The molecule has 0 aromatic carbocycles. The Bertz CT molecular complexity index is 180.